The van der Waals surface area contributed by atoms with Crippen molar-refractivity contribution in [3.8, 4) is 0 Å². The van der Waals surface area contributed by atoms with Crippen molar-refractivity contribution in [2.75, 3.05) is 4.31 Å². The van der Waals surface area contributed by atoms with Gasteiger partial charge in [0.05, 0.1) is 12.2 Å². The van der Waals surface area contributed by atoms with Crippen molar-refractivity contribution in [2.24, 2.45) is 0 Å². The van der Waals surface area contributed by atoms with Gasteiger partial charge in [-0.05, 0) is 35.2 Å². The third kappa shape index (κ3) is 3.03. The summed E-state index contributed by atoms with van der Waals surface area (Å²) in [7, 11) is -3.58. The van der Waals surface area contributed by atoms with Crippen LogP contribution in [-0.4, -0.2) is 13.4 Å². The number of hydrogen-bond acceptors (Lipinski definition) is 4. The highest BCUT2D eigenvalue weighted by molar-refractivity contribution is 7.94. The molecule has 0 unspecified atom stereocenters. The van der Waals surface area contributed by atoms with Crippen LogP contribution in [0.3, 0.4) is 0 Å². The normalized spacial score (nSPS) is 11.3. The molecule has 0 N–H and O–H groups in total. The maximum atomic E-state index is 12.9. The number of hydrogen-bond donors (Lipinski definition) is 0. The Labute approximate surface area is 133 Å². The predicted molar refractivity (Wildman–Crippen MR) is 88.4 cm³/mol. The monoisotopic (exact) mass is 330 g/mol. The summed E-state index contributed by atoms with van der Waals surface area (Å²) < 4.78 is 27.6. The van der Waals surface area contributed by atoms with Crippen LogP contribution in [-0.2, 0) is 16.6 Å². The molecule has 6 heteroatoms. The number of pyridine rings is 1. The zero-order valence-corrected chi connectivity index (χ0v) is 13.3. The van der Waals surface area contributed by atoms with E-state index in [9.17, 15) is 8.42 Å². The molecule has 0 aliphatic rings. The molecule has 4 nitrogen and oxygen atoms in total. The van der Waals surface area contributed by atoms with Gasteiger partial charge in [-0.1, -0.05) is 30.3 Å². The summed E-state index contributed by atoms with van der Waals surface area (Å²) in [5.41, 5.74) is 1.48. The molecule has 0 spiro atoms. The van der Waals surface area contributed by atoms with Gasteiger partial charge in [-0.15, -0.1) is 11.3 Å². The summed E-state index contributed by atoms with van der Waals surface area (Å²) in [6.45, 7) is 0.248. The number of para-hydroxylation sites is 1. The van der Waals surface area contributed by atoms with Crippen LogP contribution in [0.15, 0.2) is 76.6 Å². The SMILES string of the molecule is O=S(=O)(c1cccs1)N(Cc1cccnc1)c1ccccc1. The fraction of sp³-hybridized carbons (Fsp3) is 0.0625. The maximum absolute atomic E-state index is 12.9. The second kappa shape index (κ2) is 6.29. The van der Waals surface area contributed by atoms with E-state index in [1.54, 1.807) is 48.1 Å². The Hall–Kier alpha value is -2.18. The molecule has 0 fully saturated rings. The summed E-state index contributed by atoms with van der Waals surface area (Å²) in [6.07, 6.45) is 3.35. The molecule has 3 aromatic rings. The van der Waals surface area contributed by atoms with Gasteiger partial charge < -0.3 is 0 Å². The second-order valence-electron chi connectivity index (χ2n) is 4.64. The minimum Gasteiger partial charge on any atom is -0.264 e. The van der Waals surface area contributed by atoms with E-state index in [2.05, 4.69) is 4.98 Å². The van der Waals surface area contributed by atoms with Gasteiger partial charge in [0.2, 0.25) is 0 Å². The Morgan fingerprint density at radius 3 is 2.45 bits per heavy atom. The van der Waals surface area contributed by atoms with E-state index in [1.807, 2.05) is 24.3 Å². The van der Waals surface area contributed by atoms with Crippen molar-refractivity contribution < 1.29 is 8.42 Å². The van der Waals surface area contributed by atoms with E-state index < -0.39 is 10.0 Å². The lowest BCUT2D eigenvalue weighted by Crippen LogP contribution is -2.30. The van der Waals surface area contributed by atoms with E-state index in [1.165, 1.54) is 15.6 Å². The first-order valence-electron chi connectivity index (χ1n) is 6.68. The molecule has 112 valence electrons. The quantitative estimate of drug-likeness (QED) is 0.719. The Bertz CT molecular complexity index is 817. The topological polar surface area (TPSA) is 50.3 Å². The lowest BCUT2D eigenvalue weighted by molar-refractivity contribution is 0.592. The lowest BCUT2D eigenvalue weighted by Gasteiger charge is -2.23. The molecule has 0 saturated heterocycles. The van der Waals surface area contributed by atoms with Crippen LogP contribution in [0.4, 0.5) is 5.69 Å². The van der Waals surface area contributed by atoms with Gasteiger partial charge in [-0.25, -0.2) is 8.42 Å². The fourth-order valence-corrected chi connectivity index (χ4v) is 4.64. The van der Waals surface area contributed by atoms with Crippen LogP contribution in [0, 0.1) is 0 Å². The Morgan fingerprint density at radius 1 is 1.00 bits per heavy atom. The molecule has 0 aliphatic heterocycles. The number of aromatic nitrogens is 1. The van der Waals surface area contributed by atoms with Gasteiger partial charge in [-0.3, -0.25) is 9.29 Å². The molecule has 2 heterocycles. The lowest BCUT2D eigenvalue weighted by atomic mass is 10.2. The first-order chi connectivity index (χ1) is 10.7. The highest BCUT2D eigenvalue weighted by atomic mass is 32.2. The molecule has 0 amide bonds. The predicted octanol–water partition coefficient (Wildman–Crippen LogP) is 3.54. The van der Waals surface area contributed by atoms with Crippen LogP contribution < -0.4 is 4.31 Å². The molecule has 22 heavy (non-hydrogen) atoms. The number of thiophene rings is 1. The largest absolute Gasteiger partial charge is 0.274 e. The molecule has 0 bridgehead atoms. The molecule has 0 atom stereocenters. The average molecular weight is 330 g/mol. The van der Waals surface area contributed by atoms with Crippen molar-refractivity contribution in [1.29, 1.82) is 0 Å². The molecule has 3 rings (SSSR count). The number of sulfonamides is 1. The van der Waals surface area contributed by atoms with Crippen molar-refractivity contribution in [3.05, 3.63) is 77.9 Å². The van der Waals surface area contributed by atoms with Gasteiger partial charge in [0.15, 0.2) is 0 Å². The smallest absolute Gasteiger partial charge is 0.264 e. The minimum atomic E-state index is -3.58. The van der Waals surface area contributed by atoms with Gasteiger partial charge in [-0.2, -0.15) is 0 Å². The molecule has 0 aliphatic carbocycles. The van der Waals surface area contributed by atoms with E-state index in [-0.39, 0.29) is 6.54 Å². The first kappa shape index (κ1) is 14.7. The van der Waals surface area contributed by atoms with Gasteiger partial charge in [0, 0.05) is 12.4 Å². The molecule has 2 aromatic heterocycles. The van der Waals surface area contributed by atoms with E-state index in [0.29, 0.717) is 9.90 Å². The van der Waals surface area contributed by atoms with Crippen molar-refractivity contribution >= 4 is 27.0 Å². The number of anilines is 1. The fourth-order valence-electron chi connectivity index (χ4n) is 2.09. The summed E-state index contributed by atoms with van der Waals surface area (Å²) in [4.78, 5) is 4.06. The summed E-state index contributed by atoms with van der Waals surface area (Å²) in [6, 6.07) is 16.1. The highest BCUT2D eigenvalue weighted by Gasteiger charge is 2.26. The zero-order chi connectivity index (χ0) is 15.4. The van der Waals surface area contributed by atoms with Gasteiger partial charge in [0.1, 0.15) is 4.21 Å². The number of benzene rings is 1. The summed E-state index contributed by atoms with van der Waals surface area (Å²) in [5, 5.41) is 1.76. The van der Waals surface area contributed by atoms with E-state index >= 15 is 0 Å². The van der Waals surface area contributed by atoms with Crippen LogP contribution in [0.25, 0.3) is 0 Å². The number of rotatable bonds is 5. The van der Waals surface area contributed by atoms with Crippen LogP contribution in [0.2, 0.25) is 0 Å². The number of nitrogens with zero attached hydrogens (tertiary/aromatic N) is 2. The van der Waals surface area contributed by atoms with Crippen LogP contribution in [0.1, 0.15) is 5.56 Å². The maximum Gasteiger partial charge on any atom is 0.274 e. The van der Waals surface area contributed by atoms with Gasteiger partial charge >= 0.3 is 0 Å². The zero-order valence-electron chi connectivity index (χ0n) is 11.7. The standard InChI is InChI=1S/C16H14N2O2S2/c19-22(20,16-9-5-11-21-16)18(15-7-2-1-3-8-15)13-14-6-4-10-17-12-14/h1-12H,13H2. The molecule has 0 saturated carbocycles. The van der Waals surface area contributed by atoms with Crippen molar-refractivity contribution in [3.63, 3.8) is 0 Å². The summed E-state index contributed by atoms with van der Waals surface area (Å²) >= 11 is 1.22. The third-order valence-electron chi connectivity index (χ3n) is 3.13. The highest BCUT2D eigenvalue weighted by Crippen LogP contribution is 2.27. The molecular weight excluding hydrogens is 316 g/mol. The van der Waals surface area contributed by atoms with Crippen molar-refractivity contribution in [2.45, 2.75) is 10.8 Å². The van der Waals surface area contributed by atoms with Crippen LogP contribution in [0.5, 0.6) is 0 Å². The van der Waals surface area contributed by atoms with E-state index in [0.717, 1.165) is 5.56 Å². The van der Waals surface area contributed by atoms with Crippen LogP contribution >= 0.6 is 11.3 Å². The Balaban J connectivity index is 2.04. The molecular formula is C16H14N2O2S2. The van der Waals surface area contributed by atoms with Gasteiger partial charge in [0.25, 0.3) is 10.0 Å². The molecule has 1 aromatic carbocycles. The summed E-state index contributed by atoms with van der Waals surface area (Å²) in [5.74, 6) is 0. The van der Waals surface area contributed by atoms with Crippen molar-refractivity contribution in [1.82, 2.24) is 4.98 Å². The minimum absolute atomic E-state index is 0.248. The Kier molecular flexibility index (Phi) is 4.22. The first-order valence-corrected chi connectivity index (χ1v) is 9.00. The van der Waals surface area contributed by atoms with E-state index in [4.69, 9.17) is 0 Å². The third-order valence-corrected chi connectivity index (χ3v) is 6.28. The molecule has 0 radical (unpaired) electrons. The average Bonchev–Trinajstić information content (AvgIpc) is 3.10. The second-order valence-corrected chi connectivity index (χ2v) is 7.68. The Morgan fingerprint density at radius 2 is 1.82 bits per heavy atom.